The summed E-state index contributed by atoms with van der Waals surface area (Å²) in [5.41, 5.74) is 5.84. The van der Waals surface area contributed by atoms with Crippen molar-refractivity contribution in [3.8, 4) is 0 Å². The topological polar surface area (TPSA) is 35.2 Å². The predicted octanol–water partition coefficient (Wildman–Crippen LogP) is 2.52. The molecule has 0 amide bonds. The molecule has 3 atom stereocenters. The third-order valence-electron chi connectivity index (χ3n) is 2.48. The number of halogens is 1. The lowest BCUT2D eigenvalue weighted by molar-refractivity contribution is -0.131. The molecule has 0 heterocycles. The molecule has 1 saturated carbocycles. The van der Waals surface area contributed by atoms with E-state index < -0.39 is 0 Å². The summed E-state index contributed by atoms with van der Waals surface area (Å²) in [6, 6.07) is 0.311. The zero-order valence-electron chi connectivity index (χ0n) is 9.32. The summed E-state index contributed by atoms with van der Waals surface area (Å²) in [6.45, 7) is 9.99. The first-order chi connectivity index (χ1) is 5.94. The number of ether oxygens (including phenoxy) is 1. The van der Waals surface area contributed by atoms with Crippen molar-refractivity contribution in [1.29, 1.82) is 0 Å². The van der Waals surface area contributed by atoms with E-state index in [0.717, 1.165) is 12.8 Å². The van der Waals surface area contributed by atoms with Gasteiger partial charge in [0.2, 0.25) is 0 Å². The molecular formula is C11H22ClNO. The standard InChI is InChI=1S/C11H21NO.ClH/c1-5-6-8-9(12)7-10(8)13-11(2,3)4;/h5,8-10H,1,6-7,12H2,2-4H3;1H/t8-,9+,10+;/m0./s1. The van der Waals surface area contributed by atoms with Crippen LogP contribution in [0.3, 0.4) is 0 Å². The van der Waals surface area contributed by atoms with Gasteiger partial charge >= 0.3 is 0 Å². The van der Waals surface area contributed by atoms with Gasteiger partial charge in [-0.15, -0.1) is 19.0 Å². The maximum absolute atomic E-state index is 5.89. The molecule has 1 fully saturated rings. The summed E-state index contributed by atoms with van der Waals surface area (Å²) in [7, 11) is 0. The molecule has 0 spiro atoms. The molecule has 2 nitrogen and oxygen atoms in total. The Bertz CT molecular complexity index is 188. The van der Waals surface area contributed by atoms with Gasteiger partial charge in [-0.05, 0) is 33.6 Å². The van der Waals surface area contributed by atoms with E-state index in [2.05, 4.69) is 27.4 Å². The molecule has 0 bridgehead atoms. The minimum absolute atomic E-state index is 0. The SMILES string of the molecule is C=CC[C@H]1[C@H](N)C[C@H]1OC(C)(C)C.Cl. The summed E-state index contributed by atoms with van der Waals surface area (Å²) in [5, 5.41) is 0. The van der Waals surface area contributed by atoms with Gasteiger partial charge in [0.05, 0.1) is 11.7 Å². The van der Waals surface area contributed by atoms with Crippen LogP contribution in [0.5, 0.6) is 0 Å². The van der Waals surface area contributed by atoms with Crippen molar-refractivity contribution in [2.24, 2.45) is 11.7 Å². The first-order valence-electron chi connectivity index (χ1n) is 4.98. The molecule has 1 aliphatic carbocycles. The van der Waals surface area contributed by atoms with Gasteiger partial charge in [-0.25, -0.2) is 0 Å². The number of nitrogens with two attached hydrogens (primary N) is 1. The highest BCUT2D eigenvalue weighted by atomic mass is 35.5. The maximum Gasteiger partial charge on any atom is 0.0643 e. The fourth-order valence-corrected chi connectivity index (χ4v) is 1.81. The van der Waals surface area contributed by atoms with Crippen molar-refractivity contribution in [2.45, 2.75) is 51.4 Å². The van der Waals surface area contributed by atoms with Crippen molar-refractivity contribution in [2.75, 3.05) is 0 Å². The number of allylic oxidation sites excluding steroid dienone is 1. The third kappa shape index (κ3) is 3.60. The maximum atomic E-state index is 5.89. The predicted molar refractivity (Wildman–Crippen MR) is 62.8 cm³/mol. The normalized spacial score (nSPS) is 31.6. The Morgan fingerprint density at radius 3 is 2.43 bits per heavy atom. The van der Waals surface area contributed by atoms with E-state index in [4.69, 9.17) is 10.5 Å². The van der Waals surface area contributed by atoms with Crippen LogP contribution in [0.25, 0.3) is 0 Å². The van der Waals surface area contributed by atoms with Crippen LogP contribution < -0.4 is 5.73 Å². The van der Waals surface area contributed by atoms with Crippen LogP contribution >= 0.6 is 12.4 Å². The summed E-state index contributed by atoms with van der Waals surface area (Å²) >= 11 is 0. The fraction of sp³-hybridized carbons (Fsp3) is 0.818. The molecular weight excluding hydrogens is 198 g/mol. The smallest absolute Gasteiger partial charge is 0.0643 e. The van der Waals surface area contributed by atoms with Gasteiger partial charge in [0.1, 0.15) is 0 Å². The second-order valence-corrected chi connectivity index (χ2v) is 4.86. The molecule has 0 saturated heterocycles. The molecule has 0 aromatic rings. The van der Waals surface area contributed by atoms with Crippen molar-refractivity contribution >= 4 is 12.4 Å². The van der Waals surface area contributed by atoms with Crippen LogP contribution in [-0.4, -0.2) is 17.7 Å². The molecule has 1 rings (SSSR count). The van der Waals surface area contributed by atoms with Gasteiger partial charge in [0, 0.05) is 12.0 Å². The Morgan fingerprint density at radius 1 is 1.50 bits per heavy atom. The van der Waals surface area contributed by atoms with Crippen LogP contribution in [0.2, 0.25) is 0 Å². The van der Waals surface area contributed by atoms with Gasteiger partial charge in [-0.2, -0.15) is 0 Å². The minimum Gasteiger partial charge on any atom is -0.372 e. The monoisotopic (exact) mass is 219 g/mol. The lowest BCUT2D eigenvalue weighted by Crippen LogP contribution is -2.54. The van der Waals surface area contributed by atoms with Crippen LogP contribution in [-0.2, 0) is 4.74 Å². The molecule has 0 unspecified atom stereocenters. The zero-order valence-corrected chi connectivity index (χ0v) is 10.1. The minimum atomic E-state index is -0.0514. The second kappa shape index (κ2) is 5.15. The molecule has 84 valence electrons. The van der Waals surface area contributed by atoms with Crippen LogP contribution in [0.4, 0.5) is 0 Å². The van der Waals surface area contributed by atoms with Gasteiger partial charge in [0.25, 0.3) is 0 Å². The largest absolute Gasteiger partial charge is 0.372 e. The Morgan fingerprint density at radius 2 is 2.07 bits per heavy atom. The van der Waals surface area contributed by atoms with Crippen molar-refractivity contribution in [1.82, 2.24) is 0 Å². The van der Waals surface area contributed by atoms with Crippen molar-refractivity contribution in [3.63, 3.8) is 0 Å². The van der Waals surface area contributed by atoms with E-state index in [9.17, 15) is 0 Å². The molecule has 2 N–H and O–H groups in total. The summed E-state index contributed by atoms with van der Waals surface area (Å²) in [4.78, 5) is 0. The van der Waals surface area contributed by atoms with E-state index in [1.807, 2.05) is 6.08 Å². The molecule has 3 heteroatoms. The van der Waals surface area contributed by atoms with Crippen LogP contribution in [0.1, 0.15) is 33.6 Å². The molecule has 0 aliphatic heterocycles. The van der Waals surface area contributed by atoms with Gasteiger partial charge in [-0.1, -0.05) is 6.08 Å². The van der Waals surface area contributed by atoms with Crippen LogP contribution in [0.15, 0.2) is 12.7 Å². The second-order valence-electron chi connectivity index (χ2n) is 4.86. The van der Waals surface area contributed by atoms with E-state index in [1.165, 1.54) is 0 Å². The highest BCUT2D eigenvalue weighted by Gasteiger charge is 2.40. The summed E-state index contributed by atoms with van der Waals surface area (Å²) in [5.74, 6) is 0.483. The molecule has 0 aromatic heterocycles. The Labute approximate surface area is 93.3 Å². The fourth-order valence-electron chi connectivity index (χ4n) is 1.81. The van der Waals surface area contributed by atoms with Gasteiger partial charge in [0.15, 0.2) is 0 Å². The number of hydrogen-bond donors (Lipinski definition) is 1. The molecule has 14 heavy (non-hydrogen) atoms. The Balaban J connectivity index is 0.00000169. The highest BCUT2D eigenvalue weighted by Crippen LogP contribution is 2.34. The van der Waals surface area contributed by atoms with Gasteiger partial charge < -0.3 is 10.5 Å². The van der Waals surface area contributed by atoms with Crippen molar-refractivity contribution < 1.29 is 4.74 Å². The quantitative estimate of drug-likeness (QED) is 0.741. The Kier molecular flexibility index (Phi) is 5.13. The molecule has 1 aliphatic rings. The van der Waals surface area contributed by atoms with E-state index in [0.29, 0.717) is 18.1 Å². The average Bonchev–Trinajstić information content (AvgIpc) is 1.97. The average molecular weight is 220 g/mol. The first kappa shape index (κ1) is 13.9. The van der Waals surface area contributed by atoms with Gasteiger partial charge in [-0.3, -0.25) is 0 Å². The zero-order chi connectivity index (χ0) is 10.1. The van der Waals surface area contributed by atoms with Crippen LogP contribution in [0, 0.1) is 5.92 Å². The third-order valence-corrected chi connectivity index (χ3v) is 2.48. The number of hydrogen-bond acceptors (Lipinski definition) is 2. The Hall–Kier alpha value is -0.0500. The molecule has 0 radical (unpaired) electrons. The molecule has 0 aromatic carbocycles. The first-order valence-corrected chi connectivity index (χ1v) is 4.98. The highest BCUT2D eigenvalue weighted by molar-refractivity contribution is 5.85. The lowest BCUT2D eigenvalue weighted by Gasteiger charge is -2.45. The number of rotatable bonds is 3. The van der Waals surface area contributed by atoms with E-state index >= 15 is 0 Å². The van der Waals surface area contributed by atoms with Crippen molar-refractivity contribution in [3.05, 3.63) is 12.7 Å². The summed E-state index contributed by atoms with van der Waals surface area (Å²) in [6.07, 6.45) is 4.24. The lowest BCUT2D eigenvalue weighted by atomic mass is 9.74. The van der Waals surface area contributed by atoms with E-state index in [-0.39, 0.29) is 18.0 Å². The van der Waals surface area contributed by atoms with E-state index in [1.54, 1.807) is 0 Å². The summed E-state index contributed by atoms with van der Waals surface area (Å²) < 4.78 is 5.88.